The van der Waals surface area contributed by atoms with Crippen LogP contribution in [-0.2, 0) is 9.47 Å². The third kappa shape index (κ3) is 9.93. The van der Waals surface area contributed by atoms with Crippen molar-refractivity contribution in [1.82, 2.24) is 10.6 Å². The molecule has 3 N–H and O–H groups in total. The Bertz CT molecular complexity index is 582. The van der Waals surface area contributed by atoms with Crippen LogP contribution in [0.3, 0.4) is 0 Å². The fourth-order valence-corrected chi connectivity index (χ4v) is 3.31. The predicted octanol–water partition coefficient (Wildman–Crippen LogP) is 3.79. The molecule has 9 heteroatoms. The van der Waals surface area contributed by atoms with Crippen LogP contribution < -0.4 is 10.6 Å². The highest BCUT2D eigenvalue weighted by atomic mass is 127. The third-order valence-electron chi connectivity index (χ3n) is 4.17. The molecule has 0 aromatic heterocycles. The molecule has 0 saturated carbocycles. The van der Waals surface area contributed by atoms with Crippen molar-refractivity contribution in [3.8, 4) is 0 Å². The fraction of sp³-hybridized carbons (Fsp3) is 0.632. The summed E-state index contributed by atoms with van der Waals surface area (Å²) in [4.78, 5) is 4.44. The molecule has 160 valence electrons. The fourth-order valence-electron chi connectivity index (χ4n) is 2.76. The van der Waals surface area contributed by atoms with Gasteiger partial charge in [-0.2, -0.15) is 0 Å². The molecule has 0 radical (unpaired) electrons. The number of ether oxygens (including phenoxy) is 2. The Labute approximate surface area is 194 Å². The van der Waals surface area contributed by atoms with Crippen molar-refractivity contribution in [1.29, 1.82) is 0 Å². The summed E-state index contributed by atoms with van der Waals surface area (Å²) in [6, 6.07) is 5.03. The van der Waals surface area contributed by atoms with Gasteiger partial charge in [0, 0.05) is 43.0 Å². The predicted molar refractivity (Wildman–Crippen MR) is 125 cm³/mol. The molecular formula is C19H30Cl2IN3O3. The lowest BCUT2D eigenvalue weighted by Crippen LogP contribution is -2.38. The molecule has 1 heterocycles. The van der Waals surface area contributed by atoms with Gasteiger partial charge in [0.1, 0.15) is 0 Å². The van der Waals surface area contributed by atoms with Crippen LogP contribution in [0, 0.1) is 0 Å². The number of rotatable bonds is 9. The highest BCUT2D eigenvalue weighted by molar-refractivity contribution is 14.0. The van der Waals surface area contributed by atoms with Crippen LogP contribution >= 0.6 is 47.2 Å². The van der Waals surface area contributed by atoms with E-state index in [9.17, 15) is 5.11 Å². The lowest BCUT2D eigenvalue weighted by Gasteiger charge is -2.22. The average Bonchev–Trinajstić information content (AvgIpc) is 2.65. The first kappa shape index (κ1) is 25.7. The quantitative estimate of drug-likeness (QED) is 0.190. The van der Waals surface area contributed by atoms with Crippen LogP contribution in [-0.4, -0.2) is 56.6 Å². The smallest absolute Gasteiger partial charge is 0.191 e. The van der Waals surface area contributed by atoms with Gasteiger partial charge in [-0.25, -0.2) is 0 Å². The summed E-state index contributed by atoms with van der Waals surface area (Å²) in [7, 11) is 0. The maximum atomic E-state index is 10.3. The highest BCUT2D eigenvalue weighted by Crippen LogP contribution is 2.23. The molecule has 6 nitrogen and oxygen atoms in total. The molecule has 1 atom stereocenters. The molecule has 2 rings (SSSR count). The molecule has 1 fully saturated rings. The second kappa shape index (κ2) is 14.6. The van der Waals surface area contributed by atoms with Crippen molar-refractivity contribution in [2.24, 2.45) is 4.99 Å². The van der Waals surface area contributed by atoms with Gasteiger partial charge in [-0.3, -0.25) is 4.99 Å². The minimum absolute atomic E-state index is 0. The first-order valence-electron chi connectivity index (χ1n) is 9.44. The summed E-state index contributed by atoms with van der Waals surface area (Å²) >= 11 is 12.0. The second-order valence-corrected chi connectivity index (χ2v) is 7.27. The first-order valence-corrected chi connectivity index (χ1v) is 10.2. The van der Waals surface area contributed by atoms with Crippen LogP contribution in [0.1, 0.15) is 37.9 Å². The second-order valence-electron chi connectivity index (χ2n) is 6.40. The van der Waals surface area contributed by atoms with E-state index >= 15 is 0 Å². The number of guanidine groups is 1. The van der Waals surface area contributed by atoms with Crippen molar-refractivity contribution in [3.63, 3.8) is 0 Å². The standard InChI is InChI=1S/C19H29Cl2N3O3.HI/c1-2-22-19(23-6-3-7-27-17-4-8-26-9-5-17)24-13-18(25)14-10-15(20)12-16(21)11-14;/h10-12,17-18,25H,2-9,13H2,1H3,(H2,22,23,24);1H. The minimum Gasteiger partial charge on any atom is -0.386 e. The number of hydrogen-bond donors (Lipinski definition) is 3. The van der Waals surface area contributed by atoms with Crippen LogP contribution in [0.5, 0.6) is 0 Å². The number of aliphatic hydroxyl groups excluding tert-OH is 1. The van der Waals surface area contributed by atoms with Crippen molar-refractivity contribution < 1.29 is 14.6 Å². The number of aliphatic imine (C=N–C) groups is 1. The summed E-state index contributed by atoms with van der Waals surface area (Å²) in [6.07, 6.45) is 2.38. The van der Waals surface area contributed by atoms with E-state index in [4.69, 9.17) is 32.7 Å². The molecule has 1 aromatic carbocycles. The summed E-state index contributed by atoms with van der Waals surface area (Å²) in [5.41, 5.74) is 0.650. The Kier molecular flexibility index (Phi) is 13.4. The van der Waals surface area contributed by atoms with E-state index in [2.05, 4.69) is 15.6 Å². The Morgan fingerprint density at radius 1 is 1.25 bits per heavy atom. The molecule has 1 aromatic rings. The monoisotopic (exact) mass is 545 g/mol. The number of nitrogens with zero attached hydrogens (tertiary/aromatic N) is 1. The molecule has 0 amide bonds. The molecule has 1 aliphatic rings. The van der Waals surface area contributed by atoms with Gasteiger partial charge < -0.3 is 25.2 Å². The van der Waals surface area contributed by atoms with Gasteiger partial charge >= 0.3 is 0 Å². The number of aliphatic hydroxyl groups is 1. The van der Waals surface area contributed by atoms with E-state index in [-0.39, 0.29) is 30.5 Å². The SMILES string of the molecule is CCNC(=NCC(O)c1cc(Cl)cc(Cl)c1)NCCCOC1CCOCC1.I. The Hall–Kier alpha value is -0.320. The first-order chi connectivity index (χ1) is 13.1. The van der Waals surface area contributed by atoms with E-state index in [0.29, 0.717) is 34.3 Å². The Balaban J connectivity index is 0.00000392. The van der Waals surface area contributed by atoms with Gasteiger partial charge in [0.15, 0.2) is 5.96 Å². The van der Waals surface area contributed by atoms with E-state index in [1.807, 2.05) is 6.92 Å². The number of nitrogens with one attached hydrogen (secondary N) is 2. The van der Waals surface area contributed by atoms with Gasteiger partial charge in [-0.05, 0) is 49.9 Å². The van der Waals surface area contributed by atoms with E-state index in [1.54, 1.807) is 18.2 Å². The number of hydrogen-bond acceptors (Lipinski definition) is 4. The summed E-state index contributed by atoms with van der Waals surface area (Å²) in [5.74, 6) is 0.663. The molecule has 0 aliphatic carbocycles. The normalized spacial score (nSPS) is 16.4. The van der Waals surface area contributed by atoms with Crippen LogP contribution in [0.25, 0.3) is 0 Å². The van der Waals surface area contributed by atoms with Gasteiger partial charge in [0.2, 0.25) is 0 Å². The maximum Gasteiger partial charge on any atom is 0.191 e. The zero-order chi connectivity index (χ0) is 19.5. The number of halogens is 3. The molecule has 1 aliphatic heterocycles. The molecule has 1 saturated heterocycles. The Morgan fingerprint density at radius 2 is 1.93 bits per heavy atom. The zero-order valence-electron chi connectivity index (χ0n) is 16.1. The van der Waals surface area contributed by atoms with Crippen LogP contribution in [0.2, 0.25) is 10.0 Å². The van der Waals surface area contributed by atoms with E-state index in [0.717, 1.165) is 45.6 Å². The van der Waals surface area contributed by atoms with Crippen LogP contribution in [0.15, 0.2) is 23.2 Å². The largest absolute Gasteiger partial charge is 0.386 e. The van der Waals surface area contributed by atoms with Crippen molar-refractivity contribution >= 4 is 53.1 Å². The molecule has 28 heavy (non-hydrogen) atoms. The Morgan fingerprint density at radius 3 is 2.57 bits per heavy atom. The van der Waals surface area contributed by atoms with Crippen LogP contribution in [0.4, 0.5) is 0 Å². The molecule has 0 bridgehead atoms. The minimum atomic E-state index is -0.770. The van der Waals surface area contributed by atoms with Gasteiger partial charge in [-0.15, -0.1) is 24.0 Å². The highest BCUT2D eigenvalue weighted by Gasteiger charge is 2.13. The molecule has 1 unspecified atom stereocenters. The average molecular weight is 546 g/mol. The molecular weight excluding hydrogens is 516 g/mol. The summed E-state index contributed by atoms with van der Waals surface area (Å²) in [6.45, 7) is 5.99. The lowest BCUT2D eigenvalue weighted by molar-refractivity contribution is -0.0320. The molecule has 0 spiro atoms. The van der Waals surface area contributed by atoms with Gasteiger partial charge in [0.25, 0.3) is 0 Å². The summed E-state index contributed by atoms with van der Waals surface area (Å²) in [5, 5.41) is 17.8. The van der Waals surface area contributed by atoms with Gasteiger partial charge in [0.05, 0.1) is 18.8 Å². The topological polar surface area (TPSA) is 75.1 Å². The summed E-state index contributed by atoms with van der Waals surface area (Å²) < 4.78 is 11.2. The van der Waals surface area contributed by atoms with E-state index in [1.165, 1.54) is 0 Å². The van der Waals surface area contributed by atoms with Crippen molar-refractivity contribution in [2.75, 3.05) is 39.5 Å². The zero-order valence-corrected chi connectivity index (χ0v) is 20.0. The van der Waals surface area contributed by atoms with Crippen molar-refractivity contribution in [3.05, 3.63) is 33.8 Å². The van der Waals surface area contributed by atoms with Gasteiger partial charge in [-0.1, -0.05) is 23.2 Å². The van der Waals surface area contributed by atoms with Crippen molar-refractivity contribution in [2.45, 2.75) is 38.4 Å². The third-order valence-corrected chi connectivity index (χ3v) is 4.61. The number of benzene rings is 1. The maximum absolute atomic E-state index is 10.3. The van der Waals surface area contributed by atoms with E-state index < -0.39 is 6.10 Å². The lowest BCUT2D eigenvalue weighted by atomic mass is 10.1.